The summed E-state index contributed by atoms with van der Waals surface area (Å²) in [5.74, 6) is -1.08. The second-order valence-electron chi connectivity index (χ2n) is 7.36. The van der Waals surface area contributed by atoms with Crippen LogP contribution in [0.5, 0.6) is 5.75 Å². The number of aromatic nitrogens is 2. The van der Waals surface area contributed by atoms with Gasteiger partial charge in [-0.15, -0.1) is 13.2 Å². The van der Waals surface area contributed by atoms with Gasteiger partial charge in [-0.05, 0) is 35.9 Å². The third-order valence-electron chi connectivity index (χ3n) is 5.04. The molecule has 1 aromatic heterocycles. The second kappa shape index (κ2) is 8.41. The van der Waals surface area contributed by atoms with Gasteiger partial charge in [0.2, 0.25) is 17.6 Å². The number of benzene rings is 2. The summed E-state index contributed by atoms with van der Waals surface area (Å²) >= 11 is 0. The van der Waals surface area contributed by atoms with E-state index in [1.807, 2.05) is 0 Å². The van der Waals surface area contributed by atoms with Crippen LogP contribution >= 0.6 is 0 Å². The summed E-state index contributed by atoms with van der Waals surface area (Å²) in [6, 6.07) is 9.85. The number of carbonyl (C=O) groups excluding carboxylic acids is 1. The molecule has 0 bridgehead atoms. The maximum Gasteiger partial charge on any atom is 0.573 e. The largest absolute Gasteiger partial charge is 0.573 e. The van der Waals surface area contributed by atoms with Gasteiger partial charge in [-0.2, -0.15) is 18.2 Å². The normalized spacial score (nSPS) is 17.0. The number of nitrogens with zero attached hydrogens (tertiary/aromatic N) is 3. The molecule has 1 atom stereocenters. The summed E-state index contributed by atoms with van der Waals surface area (Å²) in [5, 5.41) is 3.79. The lowest BCUT2D eigenvalue weighted by Gasteiger charge is -2.19. The molecule has 174 valence electrons. The molecule has 0 N–H and O–H groups in total. The zero-order valence-electron chi connectivity index (χ0n) is 16.7. The van der Waals surface area contributed by atoms with Crippen LogP contribution in [0, 0.1) is 0 Å². The highest BCUT2D eigenvalue weighted by molar-refractivity contribution is 5.79. The van der Waals surface area contributed by atoms with Crippen molar-refractivity contribution in [3.8, 4) is 17.1 Å². The van der Waals surface area contributed by atoms with Crippen molar-refractivity contribution in [2.75, 3.05) is 6.54 Å². The fourth-order valence-corrected chi connectivity index (χ4v) is 3.55. The van der Waals surface area contributed by atoms with E-state index in [9.17, 15) is 31.1 Å². The van der Waals surface area contributed by atoms with Crippen LogP contribution in [0.25, 0.3) is 11.4 Å². The summed E-state index contributed by atoms with van der Waals surface area (Å²) in [6.07, 6.45) is -9.38. The van der Waals surface area contributed by atoms with Crippen molar-refractivity contribution in [3.63, 3.8) is 0 Å². The Morgan fingerprint density at radius 2 is 1.73 bits per heavy atom. The average Bonchev–Trinajstić information content (AvgIpc) is 3.34. The SMILES string of the molecule is O=C1CC(c2nc(-c3ccc(OC(F)(F)F)cc3)no2)CN1Cc1ccccc1C(F)(F)F. The summed E-state index contributed by atoms with van der Waals surface area (Å²) in [7, 11) is 0. The van der Waals surface area contributed by atoms with Crippen LogP contribution in [0.2, 0.25) is 0 Å². The van der Waals surface area contributed by atoms with E-state index in [-0.39, 0.29) is 42.7 Å². The van der Waals surface area contributed by atoms with Crippen LogP contribution < -0.4 is 4.74 Å². The number of rotatable bonds is 5. The van der Waals surface area contributed by atoms with Gasteiger partial charge in [0.25, 0.3) is 0 Å². The van der Waals surface area contributed by atoms with Gasteiger partial charge in [-0.1, -0.05) is 23.4 Å². The third-order valence-corrected chi connectivity index (χ3v) is 5.04. The van der Waals surface area contributed by atoms with Gasteiger partial charge >= 0.3 is 12.5 Å². The number of carbonyl (C=O) groups is 1. The lowest BCUT2D eigenvalue weighted by Crippen LogP contribution is -2.26. The zero-order chi connectivity index (χ0) is 23.8. The van der Waals surface area contributed by atoms with Crippen molar-refractivity contribution < 1.29 is 40.4 Å². The Hall–Kier alpha value is -3.57. The second-order valence-corrected chi connectivity index (χ2v) is 7.36. The lowest BCUT2D eigenvalue weighted by atomic mass is 10.1. The van der Waals surface area contributed by atoms with Crippen LogP contribution in [0.1, 0.15) is 29.4 Å². The van der Waals surface area contributed by atoms with Crippen LogP contribution in [0.15, 0.2) is 53.1 Å². The number of halogens is 6. The predicted octanol–water partition coefficient (Wildman–Crippen LogP) is 5.17. The van der Waals surface area contributed by atoms with E-state index in [0.717, 1.165) is 18.2 Å². The number of amides is 1. The minimum atomic E-state index is -4.82. The number of hydrogen-bond donors (Lipinski definition) is 0. The number of hydrogen-bond acceptors (Lipinski definition) is 5. The van der Waals surface area contributed by atoms with Crippen molar-refractivity contribution in [2.45, 2.75) is 31.4 Å². The molecule has 4 rings (SSSR count). The molecule has 1 saturated heterocycles. The van der Waals surface area contributed by atoms with Crippen molar-refractivity contribution in [2.24, 2.45) is 0 Å². The van der Waals surface area contributed by atoms with E-state index in [2.05, 4.69) is 14.9 Å². The average molecular weight is 471 g/mol. The Balaban J connectivity index is 1.46. The molecule has 2 heterocycles. The molecule has 6 nitrogen and oxygen atoms in total. The van der Waals surface area contributed by atoms with Gasteiger partial charge in [0, 0.05) is 25.1 Å². The van der Waals surface area contributed by atoms with Crippen LogP contribution in [-0.2, 0) is 17.5 Å². The number of ether oxygens (including phenoxy) is 1. The highest BCUT2D eigenvalue weighted by Gasteiger charge is 2.37. The molecule has 2 aromatic carbocycles. The van der Waals surface area contributed by atoms with Crippen LogP contribution in [0.3, 0.4) is 0 Å². The van der Waals surface area contributed by atoms with Crippen LogP contribution in [0.4, 0.5) is 26.3 Å². The molecule has 33 heavy (non-hydrogen) atoms. The Labute approximate surface area is 182 Å². The van der Waals surface area contributed by atoms with Crippen molar-refractivity contribution in [3.05, 3.63) is 65.5 Å². The Bertz CT molecular complexity index is 1140. The monoisotopic (exact) mass is 471 g/mol. The summed E-state index contributed by atoms with van der Waals surface area (Å²) in [6.45, 7) is -0.127. The molecule has 0 aliphatic carbocycles. The third kappa shape index (κ3) is 5.26. The van der Waals surface area contributed by atoms with Gasteiger partial charge in [-0.3, -0.25) is 4.79 Å². The van der Waals surface area contributed by atoms with E-state index in [0.29, 0.717) is 5.56 Å². The van der Waals surface area contributed by atoms with Crippen molar-refractivity contribution >= 4 is 5.91 Å². The topological polar surface area (TPSA) is 68.5 Å². The molecule has 0 radical (unpaired) electrons. The fourth-order valence-electron chi connectivity index (χ4n) is 3.55. The van der Waals surface area contributed by atoms with E-state index in [4.69, 9.17) is 4.52 Å². The molecular formula is C21H15F6N3O3. The maximum absolute atomic E-state index is 13.2. The minimum Gasteiger partial charge on any atom is -0.406 e. The number of alkyl halides is 6. The Kier molecular flexibility index (Phi) is 5.76. The smallest absolute Gasteiger partial charge is 0.406 e. The quantitative estimate of drug-likeness (QED) is 0.481. The van der Waals surface area contributed by atoms with Gasteiger partial charge in [0.05, 0.1) is 11.5 Å². The van der Waals surface area contributed by atoms with E-state index < -0.39 is 29.8 Å². The highest BCUT2D eigenvalue weighted by atomic mass is 19.4. The van der Waals surface area contributed by atoms with Gasteiger partial charge in [0.1, 0.15) is 5.75 Å². The predicted molar refractivity (Wildman–Crippen MR) is 101 cm³/mol. The molecule has 0 saturated carbocycles. The molecule has 12 heteroatoms. The number of likely N-dealkylation sites (tertiary alicyclic amines) is 1. The molecular weight excluding hydrogens is 456 g/mol. The molecule has 3 aromatic rings. The van der Waals surface area contributed by atoms with E-state index in [1.54, 1.807) is 0 Å². The highest BCUT2D eigenvalue weighted by Crippen LogP contribution is 2.35. The first kappa shape index (κ1) is 22.6. The molecule has 0 spiro atoms. The van der Waals surface area contributed by atoms with Crippen molar-refractivity contribution in [1.29, 1.82) is 0 Å². The Morgan fingerprint density at radius 1 is 1.03 bits per heavy atom. The minimum absolute atomic E-state index is 0.0197. The first-order chi connectivity index (χ1) is 15.5. The van der Waals surface area contributed by atoms with Gasteiger partial charge in [0.15, 0.2) is 0 Å². The first-order valence-corrected chi connectivity index (χ1v) is 9.62. The molecule has 1 aliphatic heterocycles. The molecule has 1 amide bonds. The van der Waals surface area contributed by atoms with Crippen LogP contribution in [-0.4, -0.2) is 33.9 Å². The fraction of sp³-hybridized carbons (Fsp3) is 0.286. The van der Waals surface area contributed by atoms with Gasteiger partial charge in [-0.25, -0.2) is 0 Å². The maximum atomic E-state index is 13.2. The van der Waals surface area contributed by atoms with E-state index >= 15 is 0 Å². The molecule has 1 unspecified atom stereocenters. The van der Waals surface area contributed by atoms with E-state index in [1.165, 1.54) is 35.2 Å². The molecule has 1 aliphatic rings. The standard InChI is InChI=1S/C21H15F6N3O3/c22-20(23,24)16-4-2-1-3-13(16)10-30-11-14(9-17(30)31)19-28-18(29-33-19)12-5-7-15(8-6-12)32-21(25,26)27/h1-8,14H,9-11H2. The Morgan fingerprint density at radius 3 is 2.39 bits per heavy atom. The summed E-state index contributed by atoms with van der Waals surface area (Å²) < 4.78 is 85.5. The summed E-state index contributed by atoms with van der Waals surface area (Å²) in [4.78, 5) is 17.9. The first-order valence-electron chi connectivity index (χ1n) is 9.62. The lowest BCUT2D eigenvalue weighted by molar-refractivity contribution is -0.274. The molecule has 1 fully saturated rings. The summed E-state index contributed by atoms with van der Waals surface area (Å²) in [5.41, 5.74) is -0.467. The van der Waals surface area contributed by atoms with Crippen molar-refractivity contribution in [1.82, 2.24) is 15.0 Å². The van der Waals surface area contributed by atoms with Gasteiger partial charge < -0.3 is 14.2 Å². The zero-order valence-corrected chi connectivity index (χ0v) is 16.7.